The molecule has 0 aromatic carbocycles. The zero-order valence-corrected chi connectivity index (χ0v) is 11.5. The Labute approximate surface area is 104 Å². The van der Waals surface area contributed by atoms with Crippen molar-refractivity contribution in [3.05, 3.63) is 18.2 Å². The Morgan fingerprint density at radius 3 is 2.76 bits per heavy atom. The molecule has 0 radical (unpaired) electrons. The van der Waals surface area contributed by atoms with Gasteiger partial charge in [0.05, 0.1) is 12.0 Å². The van der Waals surface area contributed by atoms with Gasteiger partial charge in [0.1, 0.15) is 0 Å². The molecule has 17 heavy (non-hydrogen) atoms. The first-order chi connectivity index (χ1) is 8.03. The zero-order chi connectivity index (χ0) is 12.7. The van der Waals surface area contributed by atoms with Gasteiger partial charge in [-0.25, -0.2) is 4.98 Å². The SMILES string of the molecule is COCCCCn1cncc1CNC(C)(C)C. The lowest BCUT2D eigenvalue weighted by atomic mass is 10.1. The highest BCUT2D eigenvalue weighted by atomic mass is 16.5. The van der Waals surface area contributed by atoms with Crippen molar-refractivity contribution in [3.63, 3.8) is 0 Å². The van der Waals surface area contributed by atoms with E-state index in [-0.39, 0.29) is 5.54 Å². The summed E-state index contributed by atoms with van der Waals surface area (Å²) in [5.41, 5.74) is 1.39. The van der Waals surface area contributed by atoms with Gasteiger partial charge >= 0.3 is 0 Å². The van der Waals surface area contributed by atoms with Crippen molar-refractivity contribution in [2.45, 2.75) is 52.2 Å². The lowest BCUT2D eigenvalue weighted by molar-refractivity contribution is 0.191. The maximum absolute atomic E-state index is 5.05. The molecule has 0 spiro atoms. The molecule has 0 saturated carbocycles. The van der Waals surface area contributed by atoms with E-state index in [4.69, 9.17) is 4.74 Å². The van der Waals surface area contributed by atoms with Crippen LogP contribution in [-0.4, -0.2) is 28.8 Å². The molecule has 1 aromatic rings. The van der Waals surface area contributed by atoms with Crippen LogP contribution in [0.4, 0.5) is 0 Å². The van der Waals surface area contributed by atoms with Crippen LogP contribution in [0.3, 0.4) is 0 Å². The number of aromatic nitrogens is 2. The fourth-order valence-corrected chi connectivity index (χ4v) is 1.58. The summed E-state index contributed by atoms with van der Waals surface area (Å²) in [7, 11) is 1.75. The van der Waals surface area contributed by atoms with Crippen LogP contribution < -0.4 is 5.32 Å². The molecule has 0 fully saturated rings. The average Bonchev–Trinajstić information content (AvgIpc) is 2.68. The van der Waals surface area contributed by atoms with Crippen molar-refractivity contribution in [3.8, 4) is 0 Å². The summed E-state index contributed by atoms with van der Waals surface area (Å²) >= 11 is 0. The molecular formula is C13H25N3O. The first-order valence-corrected chi connectivity index (χ1v) is 6.26. The number of unbranched alkanes of at least 4 members (excludes halogenated alkanes) is 1. The molecule has 0 aliphatic rings. The van der Waals surface area contributed by atoms with Crippen molar-refractivity contribution in [1.82, 2.24) is 14.9 Å². The lowest BCUT2D eigenvalue weighted by Crippen LogP contribution is -2.35. The van der Waals surface area contributed by atoms with Crippen molar-refractivity contribution in [2.75, 3.05) is 13.7 Å². The third kappa shape index (κ3) is 5.84. The minimum Gasteiger partial charge on any atom is -0.385 e. The number of nitrogens with one attached hydrogen (secondary N) is 1. The second-order valence-corrected chi connectivity index (χ2v) is 5.38. The first-order valence-electron chi connectivity index (χ1n) is 6.26. The molecule has 0 atom stereocenters. The van der Waals surface area contributed by atoms with Crippen LogP contribution in [0.15, 0.2) is 12.5 Å². The molecule has 1 rings (SSSR count). The van der Waals surface area contributed by atoms with Crippen LogP contribution in [0, 0.1) is 0 Å². The van der Waals surface area contributed by atoms with Crippen molar-refractivity contribution in [2.24, 2.45) is 0 Å². The topological polar surface area (TPSA) is 39.1 Å². The van der Waals surface area contributed by atoms with E-state index in [0.29, 0.717) is 0 Å². The number of imidazole rings is 1. The molecule has 4 nitrogen and oxygen atoms in total. The quantitative estimate of drug-likeness (QED) is 0.741. The predicted octanol–water partition coefficient (Wildman–Crippen LogP) is 2.20. The minimum atomic E-state index is 0.144. The van der Waals surface area contributed by atoms with Gasteiger partial charge in [-0.3, -0.25) is 0 Å². The van der Waals surface area contributed by atoms with Gasteiger partial charge in [0.25, 0.3) is 0 Å². The van der Waals surface area contributed by atoms with Gasteiger partial charge in [0.15, 0.2) is 0 Å². The van der Waals surface area contributed by atoms with Crippen LogP contribution in [0.2, 0.25) is 0 Å². The van der Waals surface area contributed by atoms with E-state index in [1.807, 2.05) is 12.5 Å². The number of ether oxygens (including phenoxy) is 1. The predicted molar refractivity (Wildman–Crippen MR) is 69.9 cm³/mol. The Morgan fingerprint density at radius 1 is 1.35 bits per heavy atom. The molecule has 0 bridgehead atoms. The van der Waals surface area contributed by atoms with E-state index >= 15 is 0 Å². The molecule has 1 heterocycles. The van der Waals surface area contributed by atoms with Gasteiger partial charge in [-0.2, -0.15) is 0 Å². The zero-order valence-electron chi connectivity index (χ0n) is 11.5. The summed E-state index contributed by atoms with van der Waals surface area (Å²) in [5, 5.41) is 3.48. The average molecular weight is 239 g/mol. The fraction of sp³-hybridized carbons (Fsp3) is 0.769. The molecule has 0 saturated heterocycles. The summed E-state index contributed by atoms with van der Waals surface area (Å²) < 4.78 is 7.26. The van der Waals surface area contributed by atoms with E-state index in [0.717, 1.165) is 32.5 Å². The van der Waals surface area contributed by atoms with Crippen molar-refractivity contribution in [1.29, 1.82) is 0 Å². The Balaban J connectivity index is 2.37. The maximum Gasteiger partial charge on any atom is 0.0948 e. The standard InChI is InChI=1S/C13H25N3O/c1-13(2,3)15-10-12-9-14-11-16(12)7-5-6-8-17-4/h9,11,15H,5-8,10H2,1-4H3. The number of rotatable bonds is 7. The third-order valence-electron chi connectivity index (χ3n) is 2.60. The number of hydrogen-bond acceptors (Lipinski definition) is 3. The Hall–Kier alpha value is -0.870. The molecule has 98 valence electrons. The number of nitrogens with zero attached hydrogens (tertiary/aromatic N) is 2. The summed E-state index contributed by atoms with van der Waals surface area (Å²) in [5.74, 6) is 0. The highest BCUT2D eigenvalue weighted by Crippen LogP contribution is 2.06. The van der Waals surface area contributed by atoms with Crippen LogP contribution in [0.5, 0.6) is 0 Å². The molecule has 0 aliphatic carbocycles. The Bertz CT molecular complexity index is 315. The summed E-state index contributed by atoms with van der Waals surface area (Å²) in [4.78, 5) is 4.21. The van der Waals surface area contributed by atoms with Gasteiger partial charge in [0, 0.05) is 38.5 Å². The van der Waals surface area contributed by atoms with E-state index < -0.39 is 0 Å². The van der Waals surface area contributed by atoms with Crippen molar-refractivity contribution >= 4 is 0 Å². The van der Waals surface area contributed by atoms with E-state index in [1.54, 1.807) is 7.11 Å². The smallest absolute Gasteiger partial charge is 0.0948 e. The minimum absolute atomic E-state index is 0.144. The summed E-state index contributed by atoms with van der Waals surface area (Å²) in [6.45, 7) is 9.24. The van der Waals surface area contributed by atoms with Crippen molar-refractivity contribution < 1.29 is 4.74 Å². The highest BCUT2D eigenvalue weighted by Gasteiger charge is 2.10. The van der Waals surface area contributed by atoms with Crippen LogP contribution in [0.1, 0.15) is 39.3 Å². The number of hydrogen-bond donors (Lipinski definition) is 1. The number of methoxy groups -OCH3 is 1. The molecule has 4 heteroatoms. The molecule has 0 amide bonds. The fourth-order valence-electron chi connectivity index (χ4n) is 1.58. The van der Waals surface area contributed by atoms with Gasteiger partial charge in [-0.1, -0.05) is 0 Å². The van der Waals surface area contributed by atoms with E-state index in [9.17, 15) is 0 Å². The molecule has 0 unspecified atom stereocenters. The normalized spacial score (nSPS) is 12.0. The van der Waals surface area contributed by atoms with Gasteiger partial charge in [-0.05, 0) is 33.6 Å². The maximum atomic E-state index is 5.05. The van der Waals surface area contributed by atoms with Crippen LogP contribution >= 0.6 is 0 Å². The van der Waals surface area contributed by atoms with Crippen LogP contribution in [0.25, 0.3) is 0 Å². The first kappa shape index (κ1) is 14.2. The van der Waals surface area contributed by atoms with E-state index in [1.165, 1.54) is 5.69 Å². The summed E-state index contributed by atoms with van der Waals surface area (Å²) in [6, 6.07) is 0. The monoisotopic (exact) mass is 239 g/mol. The molecular weight excluding hydrogens is 214 g/mol. The third-order valence-corrected chi connectivity index (χ3v) is 2.60. The second-order valence-electron chi connectivity index (χ2n) is 5.38. The Kier molecular flexibility index (Phi) is 5.65. The Morgan fingerprint density at radius 2 is 2.12 bits per heavy atom. The van der Waals surface area contributed by atoms with E-state index in [2.05, 4.69) is 35.6 Å². The van der Waals surface area contributed by atoms with Gasteiger partial charge in [-0.15, -0.1) is 0 Å². The molecule has 1 N–H and O–H groups in total. The summed E-state index contributed by atoms with van der Waals surface area (Å²) in [6.07, 6.45) is 6.08. The largest absolute Gasteiger partial charge is 0.385 e. The molecule has 1 aromatic heterocycles. The second kappa shape index (κ2) is 6.77. The van der Waals surface area contributed by atoms with Gasteiger partial charge < -0.3 is 14.6 Å². The molecule has 0 aliphatic heterocycles. The lowest BCUT2D eigenvalue weighted by Gasteiger charge is -2.20. The van der Waals surface area contributed by atoms with Crippen LogP contribution in [-0.2, 0) is 17.8 Å². The number of aryl methyl sites for hydroxylation is 1. The highest BCUT2D eigenvalue weighted by molar-refractivity contribution is 4.98. The van der Waals surface area contributed by atoms with Gasteiger partial charge in [0.2, 0.25) is 0 Å².